The minimum absolute atomic E-state index is 0.0177. The Bertz CT molecular complexity index is 1500. The van der Waals surface area contributed by atoms with Gasteiger partial charge in [-0.05, 0) is 100 Å². The number of ether oxygens (including phenoxy) is 2. The number of carbonyl (C=O) groups excluding carboxylic acids is 3. The van der Waals surface area contributed by atoms with Crippen LogP contribution in [0.2, 0.25) is 5.02 Å². The standard InChI is InChI=1S/C27H21BrClN3O7S/c1-2-38-22-12-17(11-21(28)25(22)39-15-16-3-9-20(10-4-16)32(36)37)13-23-26(34)31(27(35)40-23)14-24(33)30-19-7-5-18(29)6-8-19/h3-13H,2,14-15H2,1H3,(H,30,33)/b23-13+. The van der Waals surface area contributed by atoms with E-state index in [2.05, 4.69) is 21.2 Å². The third-order valence-electron chi connectivity index (χ3n) is 5.46. The monoisotopic (exact) mass is 645 g/mol. The van der Waals surface area contributed by atoms with E-state index in [1.54, 1.807) is 55.5 Å². The summed E-state index contributed by atoms with van der Waals surface area (Å²) in [5.41, 5.74) is 1.75. The van der Waals surface area contributed by atoms with Gasteiger partial charge in [-0.2, -0.15) is 0 Å². The number of hydrogen-bond acceptors (Lipinski definition) is 8. The molecule has 3 amide bonds. The second kappa shape index (κ2) is 13.0. The van der Waals surface area contributed by atoms with Crippen molar-refractivity contribution in [2.45, 2.75) is 13.5 Å². The number of carbonyl (C=O) groups is 3. The van der Waals surface area contributed by atoms with Crippen LogP contribution in [-0.2, 0) is 16.2 Å². The maximum atomic E-state index is 12.9. The average Bonchev–Trinajstić information content (AvgIpc) is 3.17. The zero-order chi connectivity index (χ0) is 28.8. The largest absolute Gasteiger partial charge is 0.490 e. The average molecular weight is 647 g/mol. The molecule has 0 radical (unpaired) electrons. The first kappa shape index (κ1) is 29.1. The summed E-state index contributed by atoms with van der Waals surface area (Å²) in [6, 6.07) is 15.8. The quantitative estimate of drug-likeness (QED) is 0.147. The summed E-state index contributed by atoms with van der Waals surface area (Å²) in [7, 11) is 0. The van der Waals surface area contributed by atoms with Crippen LogP contribution in [0.3, 0.4) is 0 Å². The van der Waals surface area contributed by atoms with Gasteiger partial charge < -0.3 is 14.8 Å². The second-order valence-electron chi connectivity index (χ2n) is 8.30. The zero-order valence-electron chi connectivity index (χ0n) is 20.9. The van der Waals surface area contributed by atoms with E-state index in [-0.39, 0.29) is 17.2 Å². The van der Waals surface area contributed by atoms with Gasteiger partial charge in [-0.1, -0.05) is 11.6 Å². The van der Waals surface area contributed by atoms with E-state index in [4.69, 9.17) is 21.1 Å². The molecule has 1 N–H and O–H groups in total. The van der Waals surface area contributed by atoms with E-state index in [9.17, 15) is 24.5 Å². The SMILES string of the molecule is CCOc1cc(/C=C2/SC(=O)N(CC(=O)Nc3ccc(Cl)cc3)C2=O)cc(Br)c1OCc1ccc([N+](=O)[O-])cc1. The number of nitro groups is 1. The zero-order valence-corrected chi connectivity index (χ0v) is 24.0. The molecule has 0 spiro atoms. The van der Waals surface area contributed by atoms with Crippen molar-refractivity contribution in [2.24, 2.45) is 0 Å². The molecule has 0 bridgehead atoms. The number of nitro benzene ring substituents is 1. The molecule has 0 aliphatic carbocycles. The van der Waals surface area contributed by atoms with Crippen molar-refractivity contribution in [2.75, 3.05) is 18.5 Å². The Morgan fingerprint density at radius 2 is 1.82 bits per heavy atom. The summed E-state index contributed by atoms with van der Waals surface area (Å²) < 4.78 is 12.2. The first-order chi connectivity index (χ1) is 19.1. The number of nitrogens with zero attached hydrogens (tertiary/aromatic N) is 2. The van der Waals surface area contributed by atoms with Crippen LogP contribution in [0.15, 0.2) is 70.0 Å². The molecular weight excluding hydrogens is 626 g/mol. The number of imide groups is 1. The Kier molecular flexibility index (Phi) is 9.46. The normalized spacial score (nSPS) is 14.0. The lowest BCUT2D eigenvalue weighted by Gasteiger charge is -2.15. The van der Waals surface area contributed by atoms with Crippen LogP contribution < -0.4 is 14.8 Å². The summed E-state index contributed by atoms with van der Waals surface area (Å²) in [4.78, 5) is 49.3. The number of anilines is 1. The third kappa shape index (κ3) is 7.20. The van der Waals surface area contributed by atoms with Crippen LogP contribution in [0, 0.1) is 10.1 Å². The van der Waals surface area contributed by atoms with E-state index >= 15 is 0 Å². The molecule has 1 saturated heterocycles. The molecule has 0 unspecified atom stereocenters. The van der Waals surface area contributed by atoms with Gasteiger partial charge in [0, 0.05) is 22.8 Å². The molecule has 206 valence electrons. The van der Waals surface area contributed by atoms with Crippen LogP contribution >= 0.6 is 39.3 Å². The fraction of sp³-hybridized carbons (Fsp3) is 0.148. The minimum atomic E-state index is -0.589. The lowest BCUT2D eigenvalue weighted by atomic mass is 10.1. The molecule has 10 nitrogen and oxygen atoms in total. The molecule has 1 heterocycles. The van der Waals surface area contributed by atoms with Crippen molar-refractivity contribution in [3.8, 4) is 11.5 Å². The number of benzene rings is 3. The topological polar surface area (TPSA) is 128 Å². The maximum absolute atomic E-state index is 12.9. The summed E-state index contributed by atoms with van der Waals surface area (Å²) in [5.74, 6) is -0.313. The predicted octanol–water partition coefficient (Wildman–Crippen LogP) is 6.66. The molecule has 3 aromatic carbocycles. The molecule has 0 atom stereocenters. The van der Waals surface area contributed by atoms with Crippen molar-refractivity contribution in [1.29, 1.82) is 0 Å². The molecular formula is C27H21BrClN3O7S. The second-order valence-corrected chi connectivity index (χ2v) is 10.6. The summed E-state index contributed by atoms with van der Waals surface area (Å²) in [6.07, 6.45) is 1.54. The van der Waals surface area contributed by atoms with E-state index in [1.165, 1.54) is 18.2 Å². The van der Waals surface area contributed by atoms with Crippen LogP contribution in [-0.4, -0.2) is 40.0 Å². The minimum Gasteiger partial charge on any atom is -0.490 e. The van der Waals surface area contributed by atoms with Gasteiger partial charge in [-0.25, -0.2) is 0 Å². The highest BCUT2D eigenvalue weighted by atomic mass is 79.9. The molecule has 0 aromatic heterocycles. The van der Waals surface area contributed by atoms with Gasteiger partial charge in [0.2, 0.25) is 5.91 Å². The Hall–Kier alpha value is -3.87. The smallest absolute Gasteiger partial charge is 0.294 e. The van der Waals surface area contributed by atoms with E-state index < -0.39 is 28.5 Å². The molecule has 13 heteroatoms. The Balaban J connectivity index is 1.47. The number of thioether (sulfide) groups is 1. The van der Waals surface area contributed by atoms with Gasteiger partial charge in [0.1, 0.15) is 13.2 Å². The van der Waals surface area contributed by atoms with Gasteiger partial charge in [-0.15, -0.1) is 0 Å². The fourth-order valence-corrected chi connectivity index (χ4v) is 5.15. The summed E-state index contributed by atoms with van der Waals surface area (Å²) in [6.45, 7) is 1.84. The summed E-state index contributed by atoms with van der Waals surface area (Å²) in [5, 5.41) is 13.5. The first-order valence-electron chi connectivity index (χ1n) is 11.8. The molecule has 4 rings (SSSR count). The number of rotatable bonds is 10. The molecule has 1 fully saturated rings. The van der Waals surface area contributed by atoms with E-state index in [1.807, 2.05) is 0 Å². The first-order valence-corrected chi connectivity index (χ1v) is 13.8. The Morgan fingerprint density at radius 3 is 2.48 bits per heavy atom. The molecule has 3 aromatic rings. The number of amides is 3. The van der Waals surface area contributed by atoms with Crippen molar-refractivity contribution in [3.05, 3.63) is 96.3 Å². The van der Waals surface area contributed by atoms with Gasteiger partial charge in [0.05, 0.1) is 20.9 Å². The van der Waals surface area contributed by atoms with Crippen LogP contribution in [0.5, 0.6) is 11.5 Å². The van der Waals surface area contributed by atoms with Gasteiger partial charge in [0.25, 0.3) is 16.8 Å². The van der Waals surface area contributed by atoms with Crippen LogP contribution in [0.1, 0.15) is 18.1 Å². The van der Waals surface area contributed by atoms with Crippen LogP contribution in [0.25, 0.3) is 6.08 Å². The molecule has 40 heavy (non-hydrogen) atoms. The maximum Gasteiger partial charge on any atom is 0.294 e. The molecule has 1 aliphatic heterocycles. The molecule has 1 aliphatic rings. The highest BCUT2D eigenvalue weighted by Gasteiger charge is 2.36. The fourth-order valence-electron chi connectivity index (χ4n) is 3.61. The van der Waals surface area contributed by atoms with Crippen molar-refractivity contribution in [3.63, 3.8) is 0 Å². The lowest BCUT2D eigenvalue weighted by Crippen LogP contribution is -2.36. The van der Waals surface area contributed by atoms with Gasteiger partial charge in [-0.3, -0.25) is 29.4 Å². The third-order valence-corrected chi connectivity index (χ3v) is 7.21. The van der Waals surface area contributed by atoms with Crippen molar-refractivity contribution < 1.29 is 28.8 Å². The number of non-ortho nitro benzene ring substituents is 1. The van der Waals surface area contributed by atoms with E-state index in [0.717, 1.165) is 22.2 Å². The summed E-state index contributed by atoms with van der Waals surface area (Å²) >= 11 is 10.1. The van der Waals surface area contributed by atoms with E-state index in [0.29, 0.717) is 38.9 Å². The van der Waals surface area contributed by atoms with Crippen molar-refractivity contribution in [1.82, 2.24) is 4.90 Å². The Labute approximate surface area is 246 Å². The number of nitrogens with one attached hydrogen (secondary N) is 1. The number of halogens is 2. The molecule has 0 saturated carbocycles. The lowest BCUT2D eigenvalue weighted by molar-refractivity contribution is -0.384. The highest BCUT2D eigenvalue weighted by Crippen LogP contribution is 2.40. The predicted molar refractivity (Wildman–Crippen MR) is 155 cm³/mol. The van der Waals surface area contributed by atoms with Gasteiger partial charge >= 0.3 is 0 Å². The van der Waals surface area contributed by atoms with Crippen molar-refractivity contribution >= 4 is 73.8 Å². The van der Waals surface area contributed by atoms with Gasteiger partial charge in [0.15, 0.2) is 11.5 Å². The Morgan fingerprint density at radius 1 is 1.12 bits per heavy atom. The van der Waals surface area contributed by atoms with Crippen LogP contribution in [0.4, 0.5) is 16.2 Å². The highest BCUT2D eigenvalue weighted by molar-refractivity contribution is 9.10. The number of hydrogen-bond donors (Lipinski definition) is 1.